The van der Waals surface area contributed by atoms with Crippen LogP contribution in [0.15, 0.2) is 23.1 Å². The molecule has 0 spiro atoms. The molecule has 3 rings (SSSR count). The van der Waals surface area contributed by atoms with Crippen LogP contribution in [0.25, 0.3) is 0 Å². The summed E-state index contributed by atoms with van der Waals surface area (Å²) in [5.74, 6) is 0.105. The average molecular weight is 409 g/mol. The van der Waals surface area contributed by atoms with E-state index in [0.29, 0.717) is 30.0 Å². The zero-order valence-electron chi connectivity index (χ0n) is 17.0. The Morgan fingerprint density at radius 2 is 1.82 bits per heavy atom. The van der Waals surface area contributed by atoms with Crippen LogP contribution in [0.5, 0.6) is 0 Å². The van der Waals surface area contributed by atoms with Crippen molar-refractivity contribution >= 4 is 21.6 Å². The van der Waals surface area contributed by atoms with Gasteiger partial charge in [-0.3, -0.25) is 4.79 Å². The van der Waals surface area contributed by atoms with Crippen LogP contribution in [0.2, 0.25) is 0 Å². The number of amides is 1. The highest BCUT2D eigenvalue weighted by atomic mass is 32.2. The first-order valence-corrected chi connectivity index (χ1v) is 11.7. The van der Waals surface area contributed by atoms with E-state index in [4.69, 9.17) is 0 Å². The Morgan fingerprint density at radius 1 is 1.07 bits per heavy atom. The fourth-order valence-electron chi connectivity index (χ4n) is 3.84. The van der Waals surface area contributed by atoms with Gasteiger partial charge in [0.25, 0.3) is 0 Å². The van der Waals surface area contributed by atoms with Crippen molar-refractivity contribution in [2.24, 2.45) is 0 Å². The highest BCUT2D eigenvalue weighted by Gasteiger charge is 2.23. The summed E-state index contributed by atoms with van der Waals surface area (Å²) in [4.78, 5) is 18.7. The molecule has 0 aromatic heterocycles. The van der Waals surface area contributed by atoms with E-state index in [0.717, 1.165) is 57.7 Å². The minimum Gasteiger partial charge on any atom is -0.312 e. The summed E-state index contributed by atoms with van der Waals surface area (Å²) in [6.07, 6.45) is 3.23. The molecule has 1 N–H and O–H groups in total. The van der Waals surface area contributed by atoms with E-state index in [1.807, 2.05) is 0 Å². The van der Waals surface area contributed by atoms with Crippen LogP contribution in [0.1, 0.15) is 31.2 Å². The molecule has 0 saturated carbocycles. The third kappa shape index (κ3) is 5.31. The lowest BCUT2D eigenvalue weighted by Gasteiger charge is -2.32. The van der Waals surface area contributed by atoms with Gasteiger partial charge in [0.15, 0.2) is 0 Å². The molecular formula is C20H32N4O3S. The van der Waals surface area contributed by atoms with Gasteiger partial charge in [0.2, 0.25) is 15.9 Å². The molecule has 8 heteroatoms. The number of carbonyl (C=O) groups is 1. The van der Waals surface area contributed by atoms with Gasteiger partial charge >= 0.3 is 0 Å². The monoisotopic (exact) mass is 408 g/mol. The normalized spacial score (nSPS) is 19.5. The molecule has 1 amide bonds. The number of hydrogen-bond acceptors (Lipinski definition) is 5. The fraction of sp³-hybridized carbons (Fsp3) is 0.650. The van der Waals surface area contributed by atoms with E-state index in [-0.39, 0.29) is 5.91 Å². The summed E-state index contributed by atoms with van der Waals surface area (Å²) in [6.45, 7) is 8.34. The molecule has 2 aliphatic heterocycles. The maximum Gasteiger partial charge on any atom is 0.240 e. The summed E-state index contributed by atoms with van der Waals surface area (Å²) in [6, 6.07) is 5.14. The number of aryl methyl sites for hydroxylation is 1. The Morgan fingerprint density at radius 3 is 2.46 bits per heavy atom. The van der Waals surface area contributed by atoms with Gasteiger partial charge in [0.1, 0.15) is 0 Å². The van der Waals surface area contributed by atoms with Crippen LogP contribution in [0.3, 0.4) is 0 Å². The molecule has 0 unspecified atom stereocenters. The minimum atomic E-state index is -3.53. The predicted octanol–water partition coefficient (Wildman–Crippen LogP) is 1.43. The number of sulfonamides is 1. The maximum absolute atomic E-state index is 12.6. The van der Waals surface area contributed by atoms with Crippen molar-refractivity contribution in [3.05, 3.63) is 23.8 Å². The second-order valence-electron chi connectivity index (χ2n) is 7.85. The lowest BCUT2D eigenvalue weighted by Crippen LogP contribution is -2.44. The molecule has 1 aromatic carbocycles. The van der Waals surface area contributed by atoms with E-state index in [2.05, 4.69) is 21.6 Å². The molecule has 28 heavy (non-hydrogen) atoms. The number of anilines is 1. The zero-order valence-corrected chi connectivity index (χ0v) is 17.8. The molecule has 1 aromatic rings. The zero-order chi connectivity index (χ0) is 20.1. The Labute approximate surface area is 168 Å². The number of nitrogens with one attached hydrogen (secondary N) is 1. The van der Waals surface area contributed by atoms with Crippen LogP contribution in [-0.4, -0.2) is 77.0 Å². The first kappa shape index (κ1) is 21.2. The van der Waals surface area contributed by atoms with Gasteiger partial charge in [-0.05, 0) is 63.5 Å². The first-order valence-electron chi connectivity index (χ1n) is 10.2. The number of likely N-dealkylation sites (N-methyl/N-ethyl adjacent to an activating group) is 1. The average Bonchev–Trinajstić information content (AvgIpc) is 3.08. The van der Waals surface area contributed by atoms with Crippen molar-refractivity contribution in [3.63, 3.8) is 0 Å². The third-order valence-corrected chi connectivity index (χ3v) is 7.24. The second-order valence-corrected chi connectivity index (χ2v) is 9.58. The highest BCUT2D eigenvalue weighted by molar-refractivity contribution is 7.89. The second kappa shape index (κ2) is 9.35. The number of hydrogen-bond donors (Lipinski definition) is 1. The van der Waals surface area contributed by atoms with Crippen molar-refractivity contribution in [2.45, 2.75) is 37.5 Å². The molecule has 2 fully saturated rings. The molecule has 7 nitrogen and oxygen atoms in total. The van der Waals surface area contributed by atoms with E-state index in [9.17, 15) is 13.2 Å². The topological polar surface area (TPSA) is 73.0 Å². The molecule has 2 heterocycles. The fourth-order valence-corrected chi connectivity index (χ4v) is 5.14. The number of benzene rings is 1. The van der Waals surface area contributed by atoms with Crippen molar-refractivity contribution in [1.82, 2.24) is 14.5 Å². The van der Waals surface area contributed by atoms with Gasteiger partial charge in [0.05, 0.1) is 4.90 Å². The smallest absolute Gasteiger partial charge is 0.240 e. The van der Waals surface area contributed by atoms with E-state index in [1.54, 1.807) is 30.0 Å². The van der Waals surface area contributed by atoms with Gasteiger partial charge in [-0.25, -0.2) is 13.1 Å². The van der Waals surface area contributed by atoms with Crippen LogP contribution < -0.4 is 9.62 Å². The van der Waals surface area contributed by atoms with Gasteiger partial charge < -0.3 is 14.7 Å². The minimum absolute atomic E-state index is 0.105. The molecule has 0 aliphatic carbocycles. The van der Waals surface area contributed by atoms with Gasteiger partial charge in [-0.2, -0.15) is 0 Å². The van der Waals surface area contributed by atoms with Crippen molar-refractivity contribution in [3.8, 4) is 0 Å². The van der Waals surface area contributed by atoms with Crippen LogP contribution in [0, 0.1) is 6.92 Å². The van der Waals surface area contributed by atoms with E-state index < -0.39 is 10.0 Å². The van der Waals surface area contributed by atoms with Gasteiger partial charge in [0, 0.05) is 51.4 Å². The summed E-state index contributed by atoms with van der Waals surface area (Å²) in [5, 5.41) is 0. The molecule has 0 bridgehead atoms. The molecule has 156 valence electrons. The summed E-state index contributed by atoms with van der Waals surface area (Å²) in [7, 11) is -1.39. The number of rotatable bonds is 8. The van der Waals surface area contributed by atoms with Crippen LogP contribution in [0.4, 0.5) is 5.69 Å². The number of piperazine rings is 1. The van der Waals surface area contributed by atoms with Crippen molar-refractivity contribution < 1.29 is 13.2 Å². The third-order valence-electron chi connectivity index (χ3n) is 5.62. The quantitative estimate of drug-likeness (QED) is 0.659. The molecule has 0 atom stereocenters. The Hall–Kier alpha value is -1.48. The number of unbranched alkanes of at least 4 members (excludes halogenated alkanes) is 1. The van der Waals surface area contributed by atoms with Gasteiger partial charge in [-0.1, -0.05) is 0 Å². The Kier molecular flexibility index (Phi) is 7.09. The van der Waals surface area contributed by atoms with E-state index in [1.165, 1.54) is 0 Å². The van der Waals surface area contributed by atoms with Crippen molar-refractivity contribution in [2.75, 3.05) is 57.8 Å². The predicted molar refractivity (Wildman–Crippen MR) is 111 cm³/mol. The summed E-state index contributed by atoms with van der Waals surface area (Å²) < 4.78 is 28.0. The molecule has 0 radical (unpaired) electrons. The maximum atomic E-state index is 12.6. The summed E-state index contributed by atoms with van der Waals surface area (Å²) >= 11 is 0. The Bertz CT molecular complexity index is 789. The van der Waals surface area contributed by atoms with Crippen LogP contribution in [-0.2, 0) is 14.8 Å². The Balaban J connectivity index is 1.48. The molecule has 2 aliphatic rings. The molecule has 2 saturated heterocycles. The SMILES string of the molecule is Cc1cc(N2CCCC2=O)ccc1S(=O)(=O)NCCCCN1CCN(C)CC1. The highest BCUT2D eigenvalue weighted by Crippen LogP contribution is 2.25. The lowest BCUT2D eigenvalue weighted by atomic mass is 10.2. The first-order chi connectivity index (χ1) is 13.4. The van der Waals surface area contributed by atoms with Crippen LogP contribution >= 0.6 is 0 Å². The standard InChI is InChI=1S/C20H32N4O3S/c1-17-16-18(24-11-5-6-20(24)25)7-8-19(17)28(26,27)21-9-3-4-10-23-14-12-22(2)13-15-23/h7-8,16,21H,3-6,9-15H2,1-2H3. The van der Waals surface area contributed by atoms with Gasteiger partial charge in [-0.15, -0.1) is 0 Å². The largest absolute Gasteiger partial charge is 0.312 e. The number of nitrogens with zero attached hydrogens (tertiary/aromatic N) is 3. The number of carbonyl (C=O) groups excluding carboxylic acids is 1. The van der Waals surface area contributed by atoms with Crippen molar-refractivity contribution in [1.29, 1.82) is 0 Å². The molecular weight excluding hydrogens is 376 g/mol. The summed E-state index contributed by atoms with van der Waals surface area (Å²) in [5.41, 5.74) is 1.45. The lowest BCUT2D eigenvalue weighted by molar-refractivity contribution is -0.117. The van der Waals surface area contributed by atoms with E-state index >= 15 is 0 Å².